The number of carbonyl (C=O) groups is 1. The number of hydrogen-bond acceptors (Lipinski definition) is 2. The normalized spacial score (nSPS) is 9.62. The van der Waals surface area contributed by atoms with Gasteiger partial charge in [-0.05, 0) is 40.5 Å². The molecule has 0 saturated carbocycles. The van der Waals surface area contributed by atoms with Crippen molar-refractivity contribution in [1.29, 1.82) is 0 Å². The van der Waals surface area contributed by atoms with Gasteiger partial charge in [-0.1, -0.05) is 6.08 Å². The number of ether oxygens (including phenoxy) is 1. The number of nitrogens with one attached hydrogen (secondary N) is 1. The van der Waals surface area contributed by atoms with Gasteiger partial charge in [0.1, 0.15) is 5.75 Å². The fourth-order valence-corrected chi connectivity index (χ4v) is 1.62. The van der Waals surface area contributed by atoms with Crippen LogP contribution >= 0.6 is 15.9 Å². The van der Waals surface area contributed by atoms with E-state index >= 15 is 0 Å². The number of amides is 1. The molecule has 0 heterocycles. The molecule has 0 aromatic heterocycles. The Kier molecular flexibility index (Phi) is 5.05. The van der Waals surface area contributed by atoms with Gasteiger partial charge in [-0.2, -0.15) is 0 Å². The fourth-order valence-electron chi connectivity index (χ4n) is 1.19. The van der Waals surface area contributed by atoms with Gasteiger partial charge in [-0.15, -0.1) is 6.58 Å². The summed E-state index contributed by atoms with van der Waals surface area (Å²) < 4.78 is 5.82. The second kappa shape index (κ2) is 6.33. The average Bonchev–Trinajstić information content (AvgIpc) is 2.30. The molecule has 1 amide bonds. The molecule has 0 spiro atoms. The van der Waals surface area contributed by atoms with Crippen LogP contribution < -0.4 is 10.1 Å². The van der Waals surface area contributed by atoms with Crippen LogP contribution in [0.25, 0.3) is 0 Å². The van der Waals surface area contributed by atoms with E-state index in [9.17, 15) is 4.79 Å². The zero-order valence-electron chi connectivity index (χ0n) is 9.13. The van der Waals surface area contributed by atoms with Crippen LogP contribution in [-0.4, -0.2) is 19.6 Å². The van der Waals surface area contributed by atoms with Crippen molar-refractivity contribution in [2.45, 2.75) is 6.42 Å². The van der Waals surface area contributed by atoms with Crippen LogP contribution in [0.3, 0.4) is 0 Å². The Bertz CT molecular complexity index is 391. The minimum absolute atomic E-state index is 0.118. The highest BCUT2D eigenvalue weighted by Gasteiger charge is 2.10. The van der Waals surface area contributed by atoms with Crippen molar-refractivity contribution in [3.63, 3.8) is 0 Å². The van der Waals surface area contributed by atoms with Gasteiger partial charge >= 0.3 is 0 Å². The number of halogens is 1. The van der Waals surface area contributed by atoms with Crippen LogP contribution in [0.5, 0.6) is 5.75 Å². The molecule has 0 unspecified atom stereocenters. The summed E-state index contributed by atoms with van der Waals surface area (Å²) in [6, 6.07) is 5.29. The second-order valence-corrected chi connectivity index (χ2v) is 4.03. The molecule has 0 bridgehead atoms. The minimum atomic E-state index is -0.118. The Morgan fingerprint density at radius 3 is 3.00 bits per heavy atom. The van der Waals surface area contributed by atoms with E-state index in [0.717, 1.165) is 10.9 Å². The van der Waals surface area contributed by atoms with Crippen LogP contribution in [0.1, 0.15) is 16.8 Å². The first-order valence-corrected chi connectivity index (χ1v) is 5.71. The number of hydrogen-bond donors (Lipinski definition) is 1. The molecule has 1 N–H and O–H groups in total. The van der Waals surface area contributed by atoms with Gasteiger partial charge in [0.05, 0.1) is 12.7 Å². The summed E-state index contributed by atoms with van der Waals surface area (Å²) in [7, 11) is 1.57. The van der Waals surface area contributed by atoms with Crippen LogP contribution in [0.2, 0.25) is 0 Å². The molecule has 0 atom stereocenters. The third-order valence-corrected chi connectivity index (χ3v) is 2.74. The Morgan fingerprint density at radius 2 is 2.38 bits per heavy atom. The molecule has 86 valence electrons. The molecule has 0 aliphatic rings. The van der Waals surface area contributed by atoms with E-state index < -0.39 is 0 Å². The van der Waals surface area contributed by atoms with Gasteiger partial charge in [0.25, 0.3) is 5.91 Å². The van der Waals surface area contributed by atoms with E-state index in [2.05, 4.69) is 27.8 Å². The van der Waals surface area contributed by atoms with Gasteiger partial charge < -0.3 is 10.1 Å². The largest absolute Gasteiger partial charge is 0.497 e. The SMILES string of the molecule is C=CCCNC(=O)c1cc(OC)ccc1Br. The highest BCUT2D eigenvalue weighted by atomic mass is 79.9. The lowest BCUT2D eigenvalue weighted by molar-refractivity contribution is 0.0953. The van der Waals surface area contributed by atoms with Crippen molar-refractivity contribution in [3.05, 3.63) is 40.9 Å². The minimum Gasteiger partial charge on any atom is -0.497 e. The Morgan fingerprint density at radius 1 is 1.62 bits per heavy atom. The third-order valence-electron chi connectivity index (χ3n) is 2.05. The summed E-state index contributed by atoms with van der Waals surface area (Å²) in [6.07, 6.45) is 2.52. The van der Waals surface area contributed by atoms with Crippen molar-refractivity contribution < 1.29 is 9.53 Å². The van der Waals surface area contributed by atoms with Crippen molar-refractivity contribution >= 4 is 21.8 Å². The molecule has 0 saturated heterocycles. The van der Waals surface area contributed by atoms with Crippen LogP contribution in [0.4, 0.5) is 0 Å². The third kappa shape index (κ3) is 3.38. The van der Waals surface area contributed by atoms with E-state index in [-0.39, 0.29) is 5.91 Å². The first-order chi connectivity index (χ1) is 7.69. The summed E-state index contributed by atoms with van der Waals surface area (Å²) in [4.78, 5) is 11.8. The van der Waals surface area contributed by atoms with Crippen molar-refractivity contribution in [2.24, 2.45) is 0 Å². The van der Waals surface area contributed by atoms with Crippen LogP contribution in [0, 0.1) is 0 Å². The summed E-state index contributed by atoms with van der Waals surface area (Å²) in [6.45, 7) is 4.18. The number of methoxy groups -OCH3 is 1. The molecule has 0 aliphatic heterocycles. The summed E-state index contributed by atoms with van der Waals surface area (Å²) >= 11 is 3.33. The molecule has 0 fully saturated rings. The summed E-state index contributed by atoms with van der Waals surface area (Å²) in [5, 5.41) is 2.80. The zero-order chi connectivity index (χ0) is 12.0. The Balaban J connectivity index is 2.77. The topological polar surface area (TPSA) is 38.3 Å². The molecule has 16 heavy (non-hydrogen) atoms. The van der Waals surface area contributed by atoms with E-state index in [1.807, 2.05) is 0 Å². The average molecular weight is 284 g/mol. The molecular weight excluding hydrogens is 270 g/mol. The predicted octanol–water partition coefficient (Wildman–Crippen LogP) is 2.76. The van der Waals surface area contributed by atoms with Crippen LogP contribution in [-0.2, 0) is 0 Å². The number of benzene rings is 1. The lowest BCUT2D eigenvalue weighted by atomic mass is 10.2. The summed E-state index contributed by atoms with van der Waals surface area (Å²) in [5.41, 5.74) is 0.573. The first-order valence-electron chi connectivity index (χ1n) is 4.91. The van der Waals surface area contributed by atoms with Gasteiger partial charge in [0.15, 0.2) is 0 Å². The predicted molar refractivity (Wildman–Crippen MR) is 67.8 cm³/mol. The first kappa shape index (κ1) is 12.8. The Labute approximate surface area is 104 Å². The van der Waals surface area contributed by atoms with Crippen LogP contribution in [0.15, 0.2) is 35.3 Å². The standard InChI is InChI=1S/C12H14BrNO2/c1-3-4-7-14-12(15)10-8-9(16-2)5-6-11(10)13/h3,5-6,8H,1,4,7H2,2H3,(H,14,15). The molecular formula is C12H14BrNO2. The molecule has 4 heteroatoms. The van der Waals surface area contributed by atoms with Gasteiger partial charge in [-0.25, -0.2) is 0 Å². The highest BCUT2D eigenvalue weighted by Crippen LogP contribution is 2.22. The zero-order valence-corrected chi connectivity index (χ0v) is 10.7. The van der Waals surface area contributed by atoms with Crippen molar-refractivity contribution in [3.8, 4) is 5.75 Å². The smallest absolute Gasteiger partial charge is 0.252 e. The van der Waals surface area contributed by atoms with E-state index in [1.165, 1.54) is 0 Å². The summed E-state index contributed by atoms with van der Waals surface area (Å²) in [5.74, 6) is 0.546. The van der Waals surface area contributed by atoms with E-state index in [4.69, 9.17) is 4.74 Å². The monoisotopic (exact) mass is 283 g/mol. The number of rotatable bonds is 5. The number of carbonyl (C=O) groups excluding carboxylic acids is 1. The lowest BCUT2D eigenvalue weighted by Crippen LogP contribution is -2.24. The van der Waals surface area contributed by atoms with Crippen molar-refractivity contribution in [2.75, 3.05) is 13.7 Å². The maximum atomic E-state index is 11.8. The van der Waals surface area contributed by atoms with Gasteiger partial charge in [0.2, 0.25) is 0 Å². The molecule has 3 nitrogen and oxygen atoms in total. The van der Waals surface area contributed by atoms with Crippen molar-refractivity contribution in [1.82, 2.24) is 5.32 Å². The maximum absolute atomic E-state index is 11.8. The molecule has 0 aliphatic carbocycles. The molecule has 0 radical (unpaired) electrons. The molecule has 1 aromatic carbocycles. The quantitative estimate of drug-likeness (QED) is 0.667. The second-order valence-electron chi connectivity index (χ2n) is 3.18. The Hall–Kier alpha value is -1.29. The van der Waals surface area contributed by atoms with Gasteiger partial charge in [-0.3, -0.25) is 4.79 Å². The molecule has 1 aromatic rings. The van der Waals surface area contributed by atoms with E-state index in [1.54, 1.807) is 31.4 Å². The fraction of sp³-hybridized carbons (Fsp3) is 0.250. The molecule has 1 rings (SSSR count). The maximum Gasteiger partial charge on any atom is 0.252 e. The van der Waals surface area contributed by atoms with E-state index in [0.29, 0.717) is 17.9 Å². The highest BCUT2D eigenvalue weighted by molar-refractivity contribution is 9.10. The van der Waals surface area contributed by atoms with Gasteiger partial charge in [0, 0.05) is 11.0 Å². The lowest BCUT2D eigenvalue weighted by Gasteiger charge is -2.07.